The van der Waals surface area contributed by atoms with Crippen molar-refractivity contribution in [2.75, 3.05) is 20.8 Å². The zero-order chi connectivity index (χ0) is 6.85. The molecule has 0 bridgehead atoms. The van der Waals surface area contributed by atoms with Gasteiger partial charge < -0.3 is 0 Å². The summed E-state index contributed by atoms with van der Waals surface area (Å²) in [6.45, 7) is 4.56. The minimum Gasteiger partial charge on any atom is -0.295 e. The van der Waals surface area contributed by atoms with Gasteiger partial charge in [-0.3, -0.25) is 10.0 Å². The zero-order valence-corrected chi connectivity index (χ0v) is 5.81. The molecule has 0 unspecified atom stereocenters. The maximum Gasteiger partial charge on any atom is 0.125 e. The molecular weight excluding hydrogens is 116 g/mol. The van der Waals surface area contributed by atoms with E-state index in [-0.39, 0.29) is 0 Å². The van der Waals surface area contributed by atoms with Crippen molar-refractivity contribution in [1.29, 1.82) is 0 Å². The molecule has 1 aliphatic heterocycles. The Morgan fingerprint density at radius 3 is 2.11 bits per heavy atom. The summed E-state index contributed by atoms with van der Waals surface area (Å²) in [5, 5.41) is 3.74. The summed E-state index contributed by atoms with van der Waals surface area (Å²) >= 11 is 0. The Bertz CT molecular complexity index is 110. The van der Waals surface area contributed by atoms with Crippen LogP contribution in [0.4, 0.5) is 0 Å². The quantitative estimate of drug-likeness (QED) is 0.451. The predicted molar refractivity (Wildman–Crippen MR) is 35.8 cm³/mol. The third-order valence-corrected chi connectivity index (χ3v) is 1.41. The highest BCUT2D eigenvalue weighted by molar-refractivity contribution is 4.88. The van der Waals surface area contributed by atoms with E-state index in [9.17, 15) is 0 Å². The SMILES string of the molecule is C=C1N(C)NCNN1C. The lowest BCUT2D eigenvalue weighted by atomic mass is 10.7. The van der Waals surface area contributed by atoms with Crippen LogP contribution in [-0.2, 0) is 0 Å². The summed E-state index contributed by atoms with van der Waals surface area (Å²) in [5.74, 6) is 0.918. The Morgan fingerprint density at radius 2 is 1.78 bits per heavy atom. The second kappa shape index (κ2) is 2.24. The van der Waals surface area contributed by atoms with Gasteiger partial charge in [0.25, 0.3) is 0 Å². The van der Waals surface area contributed by atoms with Gasteiger partial charge in [0.2, 0.25) is 0 Å². The molecule has 0 amide bonds. The Morgan fingerprint density at radius 1 is 1.33 bits per heavy atom. The molecule has 1 heterocycles. The number of nitrogens with one attached hydrogen (secondary N) is 2. The van der Waals surface area contributed by atoms with Crippen molar-refractivity contribution < 1.29 is 0 Å². The lowest BCUT2D eigenvalue weighted by molar-refractivity contribution is 0.0971. The maximum absolute atomic E-state index is 3.80. The van der Waals surface area contributed by atoms with Crippen LogP contribution in [0.25, 0.3) is 0 Å². The number of hydrazine groups is 2. The highest BCUT2D eigenvalue weighted by atomic mass is 15.7. The molecule has 52 valence electrons. The van der Waals surface area contributed by atoms with Crippen LogP contribution in [0, 0.1) is 0 Å². The molecule has 0 aromatic carbocycles. The molecule has 1 fully saturated rings. The van der Waals surface area contributed by atoms with Crippen LogP contribution >= 0.6 is 0 Å². The molecular formula is C5H12N4. The monoisotopic (exact) mass is 128 g/mol. The van der Waals surface area contributed by atoms with Gasteiger partial charge in [0, 0.05) is 14.1 Å². The maximum atomic E-state index is 3.80. The molecule has 0 spiro atoms. The molecule has 9 heavy (non-hydrogen) atoms. The normalized spacial score (nSPS) is 20.9. The van der Waals surface area contributed by atoms with Crippen LogP contribution in [0.2, 0.25) is 0 Å². The number of hydrogen-bond donors (Lipinski definition) is 2. The Labute approximate surface area is 55.1 Å². The summed E-state index contributed by atoms with van der Waals surface area (Å²) in [6.07, 6.45) is 0. The average molecular weight is 128 g/mol. The van der Waals surface area contributed by atoms with Gasteiger partial charge in [-0.05, 0) is 0 Å². The van der Waals surface area contributed by atoms with Crippen LogP contribution in [0.15, 0.2) is 12.4 Å². The molecule has 0 atom stereocenters. The van der Waals surface area contributed by atoms with E-state index in [0.29, 0.717) is 0 Å². The Balaban J connectivity index is 2.52. The molecule has 0 aromatic heterocycles. The first kappa shape index (κ1) is 6.38. The van der Waals surface area contributed by atoms with Crippen molar-refractivity contribution in [1.82, 2.24) is 20.9 Å². The second-order valence-electron chi connectivity index (χ2n) is 2.03. The van der Waals surface area contributed by atoms with E-state index in [1.807, 2.05) is 24.1 Å². The lowest BCUT2D eigenvalue weighted by Crippen LogP contribution is -2.55. The second-order valence-corrected chi connectivity index (χ2v) is 2.03. The molecule has 0 aromatic rings. The lowest BCUT2D eigenvalue weighted by Gasteiger charge is -2.36. The largest absolute Gasteiger partial charge is 0.295 e. The average Bonchev–Trinajstić information content (AvgIpc) is 1.83. The first-order chi connectivity index (χ1) is 4.22. The van der Waals surface area contributed by atoms with E-state index in [1.165, 1.54) is 0 Å². The molecule has 0 aliphatic carbocycles. The summed E-state index contributed by atoms with van der Waals surface area (Å²) < 4.78 is 0. The molecule has 2 N–H and O–H groups in total. The molecule has 4 heteroatoms. The smallest absolute Gasteiger partial charge is 0.125 e. The van der Waals surface area contributed by atoms with Gasteiger partial charge in [0.1, 0.15) is 5.82 Å². The van der Waals surface area contributed by atoms with E-state index >= 15 is 0 Å². The van der Waals surface area contributed by atoms with Crippen LogP contribution in [0.5, 0.6) is 0 Å². The van der Waals surface area contributed by atoms with E-state index in [2.05, 4.69) is 17.4 Å². The first-order valence-electron chi connectivity index (χ1n) is 2.85. The molecule has 1 saturated heterocycles. The summed E-state index contributed by atoms with van der Waals surface area (Å²) in [6, 6.07) is 0. The van der Waals surface area contributed by atoms with Gasteiger partial charge >= 0.3 is 0 Å². The predicted octanol–water partition coefficient (Wildman–Crippen LogP) is -0.699. The van der Waals surface area contributed by atoms with E-state index in [4.69, 9.17) is 0 Å². The highest BCUT2D eigenvalue weighted by Gasteiger charge is 2.10. The van der Waals surface area contributed by atoms with Gasteiger partial charge in [-0.2, -0.15) is 0 Å². The van der Waals surface area contributed by atoms with Crippen LogP contribution in [0.3, 0.4) is 0 Å². The van der Waals surface area contributed by atoms with Gasteiger partial charge in [0.15, 0.2) is 0 Å². The number of nitrogens with zero attached hydrogens (tertiary/aromatic N) is 2. The topological polar surface area (TPSA) is 30.5 Å². The minimum absolute atomic E-state index is 0.756. The molecule has 4 nitrogen and oxygen atoms in total. The molecule has 0 saturated carbocycles. The van der Waals surface area contributed by atoms with Crippen molar-refractivity contribution in [2.24, 2.45) is 0 Å². The zero-order valence-electron chi connectivity index (χ0n) is 5.81. The van der Waals surface area contributed by atoms with Gasteiger partial charge in [-0.25, -0.2) is 10.9 Å². The Hall–Kier alpha value is -0.740. The van der Waals surface area contributed by atoms with Gasteiger partial charge in [-0.15, -0.1) is 0 Å². The molecule has 1 aliphatic rings. The molecule has 0 radical (unpaired) electrons. The van der Waals surface area contributed by atoms with Gasteiger partial charge in [-0.1, -0.05) is 6.58 Å². The molecule has 1 rings (SSSR count). The van der Waals surface area contributed by atoms with Crippen LogP contribution < -0.4 is 10.9 Å². The van der Waals surface area contributed by atoms with Gasteiger partial charge in [0.05, 0.1) is 6.67 Å². The van der Waals surface area contributed by atoms with Crippen molar-refractivity contribution >= 4 is 0 Å². The summed E-state index contributed by atoms with van der Waals surface area (Å²) in [7, 11) is 3.86. The van der Waals surface area contributed by atoms with E-state index < -0.39 is 0 Å². The van der Waals surface area contributed by atoms with Crippen molar-refractivity contribution in [3.05, 3.63) is 12.4 Å². The van der Waals surface area contributed by atoms with Crippen molar-refractivity contribution in [3.63, 3.8) is 0 Å². The third-order valence-electron chi connectivity index (χ3n) is 1.41. The summed E-state index contributed by atoms with van der Waals surface area (Å²) in [5.41, 5.74) is 6.09. The first-order valence-corrected chi connectivity index (χ1v) is 2.85. The van der Waals surface area contributed by atoms with E-state index in [1.54, 1.807) is 0 Å². The fourth-order valence-corrected chi connectivity index (χ4v) is 0.680. The van der Waals surface area contributed by atoms with Crippen molar-refractivity contribution in [2.45, 2.75) is 0 Å². The van der Waals surface area contributed by atoms with Crippen LogP contribution in [-0.4, -0.2) is 30.8 Å². The van der Waals surface area contributed by atoms with Crippen LogP contribution in [0.1, 0.15) is 0 Å². The highest BCUT2D eigenvalue weighted by Crippen LogP contribution is 1.99. The number of rotatable bonds is 0. The van der Waals surface area contributed by atoms with E-state index in [0.717, 1.165) is 12.5 Å². The summed E-state index contributed by atoms with van der Waals surface area (Å²) in [4.78, 5) is 0. The number of hydrogen-bond acceptors (Lipinski definition) is 4. The fraction of sp³-hybridized carbons (Fsp3) is 0.600. The fourth-order valence-electron chi connectivity index (χ4n) is 0.680. The third kappa shape index (κ3) is 1.14. The van der Waals surface area contributed by atoms with Crippen molar-refractivity contribution in [3.8, 4) is 0 Å². The Kier molecular flexibility index (Phi) is 1.59. The standard InChI is InChI=1S/C5H12N4/c1-5-8(2)6-4-7-9(5)3/h6-7H,1,4H2,2-3H3. The minimum atomic E-state index is 0.756.